The summed E-state index contributed by atoms with van der Waals surface area (Å²) in [4.78, 5) is 22.0. The van der Waals surface area contributed by atoms with Gasteiger partial charge in [-0.05, 0) is 79.8 Å². The Morgan fingerprint density at radius 1 is 1.09 bits per heavy atom. The molecule has 11 nitrogen and oxygen atoms in total. The molecule has 0 atom stereocenters. The Morgan fingerprint density at radius 2 is 1.93 bits per heavy atom. The molecular weight excluding hydrogens is 583 g/mol. The highest BCUT2D eigenvalue weighted by atomic mass is 19.1. The molecule has 0 unspecified atom stereocenters. The van der Waals surface area contributed by atoms with Crippen LogP contribution in [-0.2, 0) is 19.0 Å². The van der Waals surface area contributed by atoms with Crippen molar-refractivity contribution in [1.29, 1.82) is 5.26 Å². The fraction of sp³-hybridized carbons (Fsp3) is 0.176. The number of nitriles is 1. The lowest BCUT2D eigenvalue weighted by Crippen LogP contribution is -2.18. The van der Waals surface area contributed by atoms with Gasteiger partial charge in [0.25, 0.3) is 5.91 Å². The van der Waals surface area contributed by atoms with Crippen molar-refractivity contribution >= 4 is 28.6 Å². The Kier molecular flexibility index (Phi) is 7.78. The number of hydrogen-bond acceptors (Lipinski definition) is 7. The number of nitrogens with zero attached hydrogens (tertiary/aromatic N) is 8. The van der Waals surface area contributed by atoms with E-state index in [1.165, 1.54) is 18.5 Å². The van der Waals surface area contributed by atoms with E-state index in [2.05, 4.69) is 48.7 Å². The number of amides is 1. The summed E-state index contributed by atoms with van der Waals surface area (Å²) in [6.45, 7) is 5.70. The lowest BCUT2D eigenvalue weighted by atomic mass is 9.85. The number of aromatic nitrogens is 7. The highest BCUT2D eigenvalue weighted by molar-refractivity contribution is 6.05. The Balaban J connectivity index is 1.28. The van der Waals surface area contributed by atoms with Gasteiger partial charge in [-0.3, -0.25) is 13.9 Å². The average Bonchev–Trinajstić information content (AvgIpc) is 3.79. The van der Waals surface area contributed by atoms with Crippen LogP contribution in [0.1, 0.15) is 52.2 Å². The van der Waals surface area contributed by atoms with Gasteiger partial charge < -0.3 is 10.6 Å². The first-order chi connectivity index (χ1) is 22.1. The van der Waals surface area contributed by atoms with Crippen molar-refractivity contribution in [2.24, 2.45) is 7.05 Å². The van der Waals surface area contributed by atoms with Crippen LogP contribution in [-0.4, -0.2) is 39.8 Å². The highest BCUT2D eigenvalue weighted by Crippen LogP contribution is 2.28. The molecule has 0 aliphatic rings. The van der Waals surface area contributed by atoms with E-state index in [9.17, 15) is 10.1 Å². The molecule has 6 aromatic rings. The lowest BCUT2D eigenvalue weighted by molar-refractivity contribution is 0.102. The third kappa shape index (κ3) is 6.18. The van der Waals surface area contributed by atoms with E-state index in [0.717, 1.165) is 16.9 Å². The number of hydrogen-bond donors (Lipinski definition) is 2. The van der Waals surface area contributed by atoms with E-state index in [1.54, 1.807) is 61.0 Å². The Morgan fingerprint density at radius 3 is 2.67 bits per heavy atom. The van der Waals surface area contributed by atoms with Gasteiger partial charge in [-0.25, -0.2) is 19.0 Å². The summed E-state index contributed by atoms with van der Waals surface area (Å²) in [7, 11) is 1.84. The number of imidazole rings is 1. The fourth-order valence-corrected chi connectivity index (χ4v) is 4.94. The first-order valence-corrected chi connectivity index (χ1v) is 14.3. The van der Waals surface area contributed by atoms with Gasteiger partial charge in [0.15, 0.2) is 5.65 Å². The summed E-state index contributed by atoms with van der Waals surface area (Å²) >= 11 is 0. The number of nitrogens with one attached hydrogen (secondary N) is 2. The zero-order valence-corrected chi connectivity index (χ0v) is 25.6. The largest absolute Gasteiger partial charge is 0.350 e. The van der Waals surface area contributed by atoms with E-state index in [4.69, 9.17) is 0 Å². The summed E-state index contributed by atoms with van der Waals surface area (Å²) < 4.78 is 20.4. The maximum absolute atomic E-state index is 15.2. The number of halogens is 1. The van der Waals surface area contributed by atoms with Gasteiger partial charge in [-0.15, -0.1) is 0 Å². The zero-order chi connectivity index (χ0) is 32.4. The maximum Gasteiger partial charge on any atom is 0.258 e. The molecule has 228 valence electrons. The summed E-state index contributed by atoms with van der Waals surface area (Å²) in [5.41, 5.74) is 4.93. The molecule has 0 aliphatic heterocycles. The summed E-state index contributed by atoms with van der Waals surface area (Å²) in [5.74, 6) is 4.91. The Bertz CT molecular complexity index is 2190. The van der Waals surface area contributed by atoms with Crippen LogP contribution in [0.25, 0.3) is 5.65 Å². The number of pyridine rings is 1. The van der Waals surface area contributed by atoms with Crippen LogP contribution in [0.4, 0.5) is 21.5 Å². The van der Waals surface area contributed by atoms with E-state index in [0.29, 0.717) is 40.3 Å². The molecule has 0 fully saturated rings. The molecule has 1 amide bonds. The standard InChI is InChI=1S/C34H29FN10O/c1-22-10-30(35)29(33(46)42-26-12-23(17-44-21-37-20-40-44)11-25(14-26)34(2,3)19-36)13-24(22)7-8-28-16-38-32-31(6-5-9-45(28)32)41-27-15-39-43(4)18-27/h5-6,9-16,18,20-21,41H,17H2,1-4H3,(H,42,46). The van der Waals surface area contributed by atoms with Crippen LogP contribution in [0.5, 0.6) is 0 Å². The molecule has 0 saturated carbocycles. The molecule has 6 rings (SSSR count). The molecule has 0 radical (unpaired) electrons. The second-order valence-electron chi connectivity index (χ2n) is 11.4. The average molecular weight is 613 g/mol. The van der Waals surface area contributed by atoms with E-state index in [1.807, 2.05) is 42.0 Å². The smallest absolute Gasteiger partial charge is 0.258 e. The number of carbonyl (C=O) groups excluding carboxylic acids is 1. The quantitative estimate of drug-likeness (QED) is 0.232. The van der Waals surface area contributed by atoms with E-state index >= 15 is 4.39 Å². The van der Waals surface area contributed by atoms with Crippen molar-refractivity contribution in [3.05, 3.63) is 119 Å². The number of carbonyl (C=O) groups is 1. The second-order valence-corrected chi connectivity index (χ2v) is 11.4. The molecule has 0 aliphatic carbocycles. The third-order valence-corrected chi connectivity index (χ3v) is 7.47. The van der Waals surface area contributed by atoms with Crippen LogP contribution < -0.4 is 10.6 Å². The Labute approximate surface area is 264 Å². The van der Waals surface area contributed by atoms with E-state index in [-0.39, 0.29) is 5.56 Å². The molecule has 4 heterocycles. The minimum absolute atomic E-state index is 0.154. The SMILES string of the molecule is Cc1cc(F)c(C(=O)Nc2cc(Cn3cncn3)cc(C(C)(C)C#N)c2)cc1C#Cc1cnc2c(Nc3cnn(C)c3)cccn12. The molecule has 4 aromatic heterocycles. The lowest BCUT2D eigenvalue weighted by Gasteiger charge is -2.19. The molecule has 0 bridgehead atoms. The molecule has 2 N–H and O–H groups in total. The molecule has 2 aromatic carbocycles. The van der Waals surface area contributed by atoms with Crippen molar-refractivity contribution in [2.45, 2.75) is 32.7 Å². The minimum Gasteiger partial charge on any atom is -0.350 e. The second kappa shape index (κ2) is 12.0. The number of aryl methyl sites for hydroxylation is 2. The van der Waals surface area contributed by atoms with Gasteiger partial charge in [0.2, 0.25) is 0 Å². The fourth-order valence-electron chi connectivity index (χ4n) is 4.94. The van der Waals surface area contributed by atoms with Crippen LogP contribution in [0.15, 0.2) is 79.9 Å². The van der Waals surface area contributed by atoms with Crippen LogP contribution >= 0.6 is 0 Å². The van der Waals surface area contributed by atoms with Gasteiger partial charge in [-0.1, -0.05) is 12.0 Å². The first kappa shape index (κ1) is 29.8. The van der Waals surface area contributed by atoms with Gasteiger partial charge in [-0.2, -0.15) is 15.5 Å². The number of anilines is 3. The molecule has 12 heteroatoms. The van der Waals surface area contributed by atoms with Crippen LogP contribution in [0.2, 0.25) is 0 Å². The topological polar surface area (TPSA) is 131 Å². The summed E-state index contributed by atoms with van der Waals surface area (Å²) in [5, 5.41) is 24.2. The molecule has 0 saturated heterocycles. The maximum atomic E-state index is 15.2. The van der Waals surface area contributed by atoms with Gasteiger partial charge >= 0.3 is 0 Å². The third-order valence-electron chi connectivity index (χ3n) is 7.47. The van der Waals surface area contributed by atoms with Crippen molar-refractivity contribution in [2.75, 3.05) is 10.6 Å². The monoisotopic (exact) mass is 612 g/mol. The first-order valence-electron chi connectivity index (χ1n) is 14.3. The van der Waals surface area contributed by atoms with Gasteiger partial charge in [0, 0.05) is 30.7 Å². The van der Waals surface area contributed by atoms with Crippen LogP contribution in [0.3, 0.4) is 0 Å². The molecular formula is C34H29FN10O. The highest BCUT2D eigenvalue weighted by Gasteiger charge is 2.22. The van der Waals surface area contributed by atoms with Crippen molar-refractivity contribution in [1.82, 2.24) is 33.9 Å². The van der Waals surface area contributed by atoms with Crippen LogP contribution in [0, 0.1) is 35.9 Å². The normalized spacial score (nSPS) is 11.1. The Hall–Kier alpha value is -6.27. The predicted molar refractivity (Wildman–Crippen MR) is 171 cm³/mol. The van der Waals surface area contributed by atoms with Crippen molar-refractivity contribution in [3.8, 4) is 17.9 Å². The van der Waals surface area contributed by atoms with Gasteiger partial charge in [0.05, 0.1) is 47.4 Å². The van der Waals surface area contributed by atoms with E-state index < -0.39 is 17.1 Å². The summed E-state index contributed by atoms with van der Waals surface area (Å²) in [6.07, 6.45) is 10.1. The predicted octanol–water partition coefficient (Wildman–Crippen LogP) is 5.35. The number of fused-ring (bicyclic) bond motifs is 1. The zero-order valence-electron chi connectivity index (χ0n) is 25.6. The van der Waals surface area contributed by atoms with Crippen molar-refractivity contribution in [3.63, 3.8) is 0 Å². The van der Waals surface area contributed by atoms with Gasteiger partial charge in [0.1, 0.15) is 24.2 Å². The molecule has 46 heavy (non-hydrogen) atoms. The van der Waals surface area contributed by atoms with Crippen molar-refractivity contribution < 1.29 is 9.18 Å². The number of rotatable bonds is 7. The number of benzene rings is 2. The minimum atomic E-state index is -0.830. The summed E-state index contributed by atoms with van der Waals surface area (Å²) in [6, 6.07) is 14.2. The molecule has 0 spiro atoms.